The van der Waals surface area contributed by atoms with E-state index in [-0.39, 0.29) is 11.9 Å². The van der Waals surface area contributed by atoms with E-state index in [1.54, 1.807) is 31.7 Å². The second-order valence-corrected chi connectivity index (χ2v) is 10.8. The SMILES string of the molecule is CCOC(=O)C1=C(C)NC(SCCCc2ccc(CC)cc2)=NC1c1ccc(-c2cccc(C(=O)OCC)c2)cc1. The lowest BCUT2D eigenvalue weighted by Gasteiger charge is -2.26. The van der Waals surface area contributed by atoms with E-state index < -0.39 is 6.04 Å². The number of aliphatic imine (C=N–C) groups is 1. The number of rotatable bonds is 11. The van der Waals surface area contributed by atoms with Gasteiger partial charge in [0, 0.05) is 11.4 Å². The third kappa shape index (κ3) is 7.88. The first-order chi connectivity index (χ1) is 19.9. The van der Waals surface area contributed by atoms with Crippen LogP contribution in [0, 0.1) is 0 Å². The predicted molar refractivity (Wildman–Crippen MR) is 167 cm³/mol. The maximum Gasteiger partial charge on any atom is 0.338 e. The highest BCUT2D eigenvalue weighted by Gasteiger charge is 2.30. The van der Waals surface area contributed by atoms with Crippen LogP contribution in [-0.4, -0.2) is 36.1 Å². The number of amidine groups is 1. The molecule has 1 unspecified atom stereocenters. The minimum Gasteiger partial charge on any atom is -0.463 e. The van der Waals surface area contributed by atoms with Crippen LogP contribution >= 0.6 is 11.8 Å². The Kier molecular flexibility index (Phi) is 10.8. The van der Waals surface area contributed by atoms with Gasteiger partial charge in [-0.3, -0.25) is 0 Å². The van der Waals surface area contributed by atoms with Gasteiger partial charge in [-0.25, -0.2) is 14.6 Å². The molecule has 6 nitrogen and oxygen atoms in total. The molecule has 1 aliphatic heterocycles. The van der Waals surface area contributed by atoms with Gasteiger partial charge in [-0.05, 0) is 80.0 Å². The fraction of sp³-hybridized carbons (Fsp3) is 0.324. The Morgan fingerprint density at radius 3 is 2.22 bits per heavy atom. The number of carbonyl (C=O) groups is 2. The molecule has 41 heavy (non-hydrogen) atoms. The van der Waals surface area contributed by atoms with Crippen LogP contribution in [-0.2, 0) is 27.1 Å². The first kappa shape index (κ1) is 30.1. The van der Waals surface area contributed by atoms with Crippen molar-refractivity contribution in [3.05, 3.63) is 106 Å². The van der Waals surface area contributed by atoms with Gasteiger partial charge in [0.05, 0.1) is 24.4 Å². The maximum absolute atomic E-state index is 13.0. The number of ether oxygens (including phenoxy) is 2. The number of aryl methyl sites for hydroxylation is 2. The Morgan fingerprint density at radius 1 is 0.854 bits per heavy atom. The third-order valence-electron chi connectivity index (χ3n) is 6.93. The molecule has 0 aliphatic carbocycles. The molecule has 0 fully saturated rings. The van der Waals surface area contributed by atoms with Gasteiger partial charge in [-0.2, -0.15) is 0 Å². The molecule has 1 aliphatic rings. The molecule has 0 radical (unpaired) electrons. The summed E-state index contributed by atoms with van der Waals surface area (Å²) in [5.74, 6) is 0.206. The summed E-state index contributed by atoms with van der Waals surface area (Å²) >= 11 is 1.67. The lowest BCUT2D eigenvalue weighted by atomic mass is 9.94. The highest BCUT2D eigenvalue weighted by molar-refractivity contribution is 8.13. The molecular formula is C34H38N2O4S. The van der Waals surface area contributed by atoms with Crippen molar-refractivity contribution in [2.75, 3.05) is 19.0 Å². The van der Waals surface area contributed by atoms with Crippen molar-refractivity contribution in [3.8, 4) is 11.1 Å². The predicted octanol–water partition coefficient (Wildman–Crippen LogP) is 7.30. The Balaban J connectivity index is 1.50. The summed E-state index contributed by atoms with van der Waals surface area (Å²) in [5, 5.41) is 4.13. The zero-order valence-corrected chi connectivity index (χ0v) is 25.1. The smallest absolute Gasteiger partial charge is 0.338 e. The number of carbonyl (C=O) groups excluding carboxylic acids is 2. The largest absolute Gasteiger partial charge is 0.463 e. The molecule has 4 rings (SSSR count). The molecule has 0 saturated heterocycles. The Bertz CT molecular complexity index is 1410. The number of allylic oxidation sites excluding steroid dienone is 1. The Labute approximate surface area is 247 Å². The minimum absolute atomic E-state index is 0.294. The van der Waals surface area contributed by atoms with Crippen molar-refractivity contribution in [1.82, 2.24) is 5.32 Å². The van der Waals surface area contributed by atoms with Crippen LogP contribution in [0.3, 0.4) is 0 Å². The lowest BCUT2D eigenvalue weighted by Crippen LogP contribution is -2.30. The summed E-state index contributed by atoms with van der Waals surface area (Å²) < 4.78 is 10.5. The maximum atomic E-state index is 13.0. The van der Waals surface area contributed by atoms with Crippen LogP contribution in [0.25, 0.3) is 11.1 Å². The monoisotopic (exact) mass is 570 g/mol. The van der Waals surface area contributed by atoms with E-state index in [1.807, 2.05) is 49.4 Å². The van der Waals surface area contributed by atoms with Crippen LogP contribution in [0.2, 0.25) is 0 Å². The van der Waals surface area contributed by atoms with Gasteiger partial charge in [0.15, 0.2) is 5.17 Å². The van der Waals surface area contributed by atoms with Crippen molar-refractivity contribution in [2.24, 2.45) is 4.99 Å². The van der Waals surface area contributed by atoms with Gasteiger partial charge < -0.3 is 14.8 Å². The van der Waals surface area contributed by atoms with Crippen molar-refractivity contribution >= 4 is 28.9 Å². The normalized spacial score (nSPS) is 14.7. The molecule has 0 saturated carbocycles. The van der Waals surface area contributed by atoms with Gasteiger partial charge >= 0.3 is 11.9 Å². The molecule has 0 amide bonds. The van der Waals surface area contributed by atoms with E-state index in [9.17, 15) is 9.59 Å². The Hall–Kier alpha value is -3.84. The van der Waals surface area contributed by atoms with E-state index in [4.69, 9.17) is 14.5 Å². The zero-order valence-electron chi connectivity index (χ0n) is 24.2. The quantitative estimate of drug-likeness (QED) is 0.193. The first-order valence-corrected chi connectivity index (χ1v) is 15.2. The number of hydrogen-bond donors (Lipinski definition) is 1. The molecule has 0 bridgehead atoms. The van der Waals surface area contributed by atoms with Crippen molar-refractivity contribution in [3.63, 3.8) is 0 Å². The van der Waals surface area contributed by atoms with Gasteiger partial charge in [0.1, 0.15) is 6.04 Å². The molecule has 7 heteroatoms. The second kappa shape index (κ2) is 14.7. The van der Waals surface area contributed by atoms with Gasteiger partial charge in [0.2, 0.25) is 0 Å². The van der Waals surface area contributed by atoms with Gasteiger partial charge in [0.25, 0.3) is 0 Å². The summed E-state index contributed by atoms with van der Waals surface area (Å²) in [6.45, 7) is 8.29. The number of esters is 2. The van der Waals surface area contributed by atoms with Gasteiger partial charge in [-0.15, -0.1) is 0 Å². The highest BCUT2D eigenvalue weighted by atomic mass is 32.2. The van der Waals surface area contributed by atoms with E-state index in [2.05, 4.69) is 36.5 Å². The summed E-state index contributed by atoms with van der Waals surface area (Å²) in [4.78, 5) is 30.1. The van der Waals surface area contributed by atoms with E-state index in [0.29, 0.717) is 24.4 Å². The zero-order chi connectivity index (χ0) is 29.2. The lowest BCUT2D eigenvalue weighted by molar-refractivity contribution is -0.138. The van der Waals surface area contributed by atoms with E-state index >= 15 is 0 Å². The molecule has 0 spiro atoms. The number of nitrogens with one attached hydrogen (secondary N) is 1. The van der Waals surface area contributed by atoms with Crippen molar-refractivity contribution in [1.29, 1.82) is 0 Å². The Morgan fingerprint density at radius 2 is 1.54 bits per heavy atom. The molecule has 1 heterocycles. The van der Waals surface area contributed by atoms with E-state index in [1.165, 1.54) is 11.1 Å². The topological polar surface area (TPSA) is 77.0 Å². The molecule has 3 aromatic carbocycles. The molecule has 214 valence electrons. The second-order valence-electron chi connectivity index (χ2n) is 9.77. The minimum atomic E-state index is -0.473. The molecule has 1 atom stereocenters. The summed E-state index contributed by atoms with van der Waals surface area (Å²) in [5.41, 5.74) is 7.25. The van der Waals surface area contributed by atoms with Gasteiger partial charge in [-0.1, -0.05) is 79.3 Å². The molecule has 0 aromatic heterocycles. The number of hydrogen-bond acceptors (Lipinski definition) is 7. The summed E-state index contributed by atoms with van der Waals surface area (Å²) in [7, 11) is 0. The van der Waals surface area contributed by atoms with Crippen molar-refractivity contribution < 1.29 is 19.1 Å². The number of nitrogens with zero attached hydrogens (tertiary/aromatic N) is 1. The van der Waals surface area contributed by atoms with E-state index in [0.717, 1.165) is 52.6 Å². The number of benzene rings is 3. The fourth-order valence-electron chi connectivity index (χ4n) is 4.72. The highest BCUT2D eigenvalue weighted by Crippen LogP contribution is 2.34. The van der Waals surface area contributed by atoms with Crippen LogP contribution in [0.5, 0.6) is 0 Å². The average Bonchev–Trinajstić information content (AvgIpc) is 2.99. The fourth-order valence-corrected chi connectivity index (χ4v) is 5.61. The first-order valence-electron chi connectivity index (χ1n) is 14.2. The standard InChI is InChI=1S/C34H38N2O4S/c1-5-24-13-15-25(16-14-24)10-9-21-41-34-35-23(4)30(33(38)40-7-3)31(36-34)27-19-17-26(18-20-27)28-11-8-12-29(22-28)32(37)39-6-2/h8,11-20,22,31H,5-7,9-10,21H2,1-4H3,(H,35,36). The van der Waals surface area contributed by atoms with Crippen LogP contribution in [0.15, 0.2) is 89.1 Å². The summed E-state index contributed by atoms with van der Waals surface area (Å²) in [6.07, 6.45) is 3.08. The molecular weight excluding hydrogens is 532 g/mol. The van der Waals surface area contributed by atoms with Crippen LogP contribution in [0.1, 0.15) is 67.2 Å². The van der Waals surface area contributed by atoms with Crippen LogP contribution in [0.4, 0.5) is 0 Å². The molecule has 3 aromatic rings. The van der Waals surface area contributed by atoms with Crippen LogP contribution < -0.4 is 5.32 Å². The summed E-state index contributed by atoms with van der Waals surface area (Å²) in [6, 6.07) is 23.7. The number of thioether (sulfide) groups is 1. The van der Waals surface area contributed by atoms with Crippen molar-refractivity contribution in [2.45, 2.75) is 53.0 Å². The third-order valence-corrected chi connectivity index (χ3v) is 7.90. The average molecular weight is 571 g/mol. The molecule has 1 N–H and O–H groups in total.